The number of benzene rings is 1. The highest BCUT2D eigenvalue weighted by Crippen LogP contribution is 2.32. The first-order chi connectivity index (χ1) is 9.72. The monoisotopic (exact) mass is 332 g/mol. The first kappa shape index (κ1) is 16.1. The molecule has 0 spiro atoms. The molecule has 1 fully saturated rings. The standard InChI is InChI=1S/C13H17ClN2O4S/c1-7-3-9(4-7)16-13(17)10-5-8(14)6-11(12(10)20-2)21(15,18)19/h5-7,9H,3-4H2,1-2H3,(H,16,17)(H2,15,18,19). The Morgan fingerprint density at radius 1 is 1.43 bits per heavy atom. The van der Waals surface area contributed by atoms with E-state index in [1.54, 1.807) is 0 Å². The molecule has 0 atom stereocenters. The molecule has 1 aliphatic carbocycles. The number of halogens is 1. The molecule has 0 saturated heterocycles. The Balaban J connectivity index is 2.38. The summed E-state index contributed by atoms with van der Waals surface area (Å²) in [5.74, 6) is 0.0689. The number of hydrogen-bond acceptors (Lipinski definition) is 4. The van der Waals surface area contributed by atoms with Gasteiger partial charge in [-0.1, -0.05) is 18.5 Å². The molecule has 3 N–H and O–H groups in total. The van der Waals surface area contributed by atoms with Crippen molar-refractivity contribution in [3.05, 3.63) is 22.7 Å². The fourth-order valence-corrected chi connectivity index (χ4v) is 3.47. The van der Waals surface area contributed by atoms with Crippen LogP contribution in [0.1, 0.15) is 30.1 Å². The molecule has 21 heavy (non-hydrogen) atoms. The van der Waals surface area contributed by atoms with E-state index in [4.69, 9.17) is 21.5 Å². The minimum atomic E-state index is -4.04. The van der Waals surface area contributed by atoms with Gasteiger partial charge >= 0.3 is 0 Å². The maximum Gasteiger partial charge on any atom is 0.255 e. The Bertz CT molecular complexity index is 669. The number of primary sulfonamides is 1. The van der Waals surface area contributed by atoms with E-state index >= 15 is 0 Å². The summed E-state index contributed by atoms with van der Waals surface area (Å²) in [5.41, 5.74) is 0.0635. The summed E-state index contributed by atoms with van der Waals surface area (Å²) >= 11 is 5.88. The van der Waals surface area contributed by atoms with Crippen LogP contribution in [0.2, 0.25) is 5.02 Å². The maximum atomic E-state index is 12.3. The average Bonchev–Trinajstić information content (AvgIpc) is 2.34. The second-order valence-electron chi connectivity index (χ2n) is 5.28. The van der Waals surface area contributed by atoms with E-state index in [-0.39, 0.29) is 27.3 Å². The molecule has 1 amide bonds. The lowest BCUT2D eigenvalue weighted by Crippen LogP contribution is -2.43. The first-order valence-electron chi connectivity index (χ1n) is 6.43. The van der Waals surface area contributed by atoms with Gasteiger partial charge in [-0.25, -0.2) is 13.6 Å². The van der Waals surface area contributed by atoms with Crippen molar-refractivity contribution in [3.8, 4) is 5.75 Å². The number of ether oxygens (including phenoxy) is 1. The topological polar surface area (TPSA) is 98.5 Å². The zero-order valence-corrected chi connectivity index (χ0v) is 13.3. The highest BCUT2D eigenvalue weighted by atomic mass is 35.5. The van der Waals surface area contributed by atoms with Gasteiger partial charge in [-0.15, -0.1) is 0 Å². The number of hydrogen-bond donors (Lipinski definition) is 2. The third-order valence-corrected chi connectivity index (χ3v) is 4.62. The molecular weight excluding hydrogens is 316 g/mol. The number of nitrogens with two attached hydrogens (primary N) is 1. The van der Waals surface area contributed by atoms with Crippen LogP contribution in [0.3, 0.4) is 0 Å². The van der Waals surface area contributed by atoms with Crippen molar-refractivity contribution in [1.29, 1.82) is 0 Å². The molecule has 0 radical (unpaired) electrons. The molecule has 1 saturated carbocycles. The predicted molar refractivity (Wildman–Crippen MR) is 79.0 cm³/mol. The fraction of sp³-hybridized carbons (Fsp3) is 0.462. The van der Waals surface area contributed by atoms with E-state index in [1.807, 2.05) is 0 Å². The molecule has 1 aromatic carbocycles. The second kappa shape index (κ2) is 5.82. The highest BCUT2D eigenvalue weighted by molar-refractivity contribution is 7.89. The third-order valence-electron chi connectivity index (χ3n) is 3.48. The molecule has 116 valence electrons. The van der Waals surface area contributed by atoms with Crippen LogP contribution >= 0.6 is 11.6 Å². The number of nitrogens with one attached hydrogen (secondary N) is 1. The summed E-state index contributed by atoms with van der Waals surface area (Å²) in [4.78, 5) is 12.0. The maximum absolute atomic E-state index is 12.3. The van der Waals surface area contributed by atoms with Crippen LogP contribution in [-0.4, -0.2) is 27.5 Å². The summed E-state index contributed by atoms with van der Waals surface area (Å²) in [5, 5.41) is 8.06. The summed E-state index contributed by atoms with van der Waals surface area (Å²) in [6.07, 6.45) is 1.80. The molecule has 1 aliphatic rings. The van der Waals surface area contributed by atoms with E-state index in [0.717, 1.165) is 18.9 Å². The van der Waals surface area contributed by atoms with Crippen LogP contribution in [0.4, 0.5) is 0 Å². The van der Waals surface area contributed by atoms with Crippen LogP contribution in [0, 0.1) is 5.92 Å². The molecule has 2 rings (SSSR count). The first-order valence-corrected chi connectivity index (χ1v) is 8.36. The van der Waals surface area contributed by atoms with E-state index in [0.29, 0.717) is 5.92 Å². The van der Waals surface area contributed by atoms with E-state index in [2.05, 4.69) is 12.2 Å². The molecule has 0 heterocycles. The van der Waals surface area contributed by atoms with Gasteiger partial charge < -0.3 is 10.1 Å². The second-order valence-corrected chi connectivity index (χ2v) is 7.24. The van der Waals surface area contributed by atoms with Gasteiger partial charge in [-0.05, 0) is 30.9 Å². The Morgan fingerprint density at radius 3 is 2.52 bits per heavy atom. The quantitative estimate of drug-likeness (QED) is 0.873. The van der Waals surface area contributed by atoms with Gasteiger partial charge in [-0.2, -0.15) is 0 Å². The molecule has 1 aromatic rings. The SMILES string of the molecule is COc1c(C(=O)NC2CC(C)C2)cc(Cl)cc1S(N)(=O)=O. The van der Waals surface area contributed by atoms with Gasteiger partial charge in [0.1, 0.15) is 4.90 Å². The van der Waals surface area contributed by atoms with Gasteiger partial charge in [0.2, 0.25) is 10.0 Å². The minimum absolute atomic E-state index is 0.0635. The van der Waals surface area contributed by atoms with Crippen LogP contribution in [0.5, 0.6) is 5.75 Å². The molecule has 6 nitrogen and oxygen atoms in total. The normalized spacial score (nSPS) is 21.5. The van der Waals surface area contributed by atoms with Gasteiger partial charge in [0.25, 0.3) is 5.91 Å². The number of carbonyl (C=O) groups excluding carboxylic acids is 1. The van der Waals surface area contributed by atoms with E-state index in [9.17, 15) is 13.2 Å². The van der Waals surface area contributed by atoms with Crippen molar-refractivity contribution < 1.29 is 17.9 Å². The third kappa shape index (κ3) is 3.48. The van der Waals surface area contributed by atoms with Crippen molar-refractivity contribution in [3.63, 3.8) is 0 Å². The lowest BCUT2D eigenvalue weighted by atomic mass is 9.82. The smallest absolute Gasteiger partial charge is 0.255 e. The number of methoxy groups -OCH3 is 1. The van der Waals surface area contributed by atoms with Crippen molar-refractivity contribution in [1.82, 2.24) is 5.32 Å². The fourth-order valence-electron chi connectivity index (χ4n) is 2.44. The van der Waals surface area contributed by atoms with Crippen LogP contribution < -0.4 is 15.2 Å². The molecule has 8 heteroatoms. The lowest BCUT2D eigenvalue weighted by molar-refractivity contribution is 0.0892. The molecule has 0 bridgehead atoms. The van der Waals surface area contributed by atoms with E-state index < -0.39 is 15.9 Å². The molecule has 0 aliphatic heterocycles. The van der Waals surface area contributed by atoms with Gasteiger partial charge in [0.15, 0.2) is 5.75 Å². The Hall–Kier alpha value is -1.31. The highest BCUT2D eigenvalue weighted by Gasteiger charge is 2.29. The van der Waals surface area contributed by atoms with Crippen molar-refractivity contribution in [2.75, 3.05) is 7.11 Å². The Morgan fingerprint density at radius 2 is 2.05 bits per heavy atom. The summed E-state index contributed by atoms with van der Waals surface area (Å²) < 4.78 is 28.2. The van der Waals surface area contributed by atoms with Crippen molar-refractivity contribution in [2.45, 2.75) is 30.7 Å². The number of rotatable bonds is 4. The minimum Gasteiger partial charge on any atom is -0.494 e. The zero-order valence-electron chi connectivity index (χ0n) is 11.7. The summed E-state index contributed by atoms with van der Waals surface area (Å²) in [6, 6.07) is 2.62. The van der Waals surface area contributed by atoms with Gasteiger partial charge in [0, 0.05) is 11.1 Å². The zero-order chi connectivity index (χ0) is 15.8. The Labute approximate surface area is 128 Å². The van der Waals surface area contributed by atoms with Crippen molar-refractivity contribution >= 4 is 27.5 Å². The summed E-state index contributed by atoms with van der Waals surface area (Å²) in [7, 11) is -2.76. The number of amides is 1. The molecule has 0 aromatic heterocycles. The van der Waals surface area contributed by atoms with Crippen molar-refractivity contribution in [2.24, 2.45) is 11.1 Å². The Kier molecular flexibility index (Phi) is 4.46. The largest absolute Gasteiger partial charge is 0.494 e. The number of sulfonamides is 1. The van der Waals surface area contributed by atoms with Crippen LogP contribution in [0.25, 0.3) is 0 Å². The van der Waals surface area contributed by atoms with Crippen LogP contribution in [0.15, 0.2) is 17.0 Å². The average molecular weight is 333 g/mol. The number of carbonyl (C=O) groups is 1. The molecule has 0 unspecified atom stereocenters. The summed E-state index contributed by atoms with van der Waals surface area (Å²) in [6.45, 7) is 2.10. The van der Waals surface area contributed by atoms with E-state index in [1.165, 1.54) is 13.2 Å². The molecular formula is C13H17ClN2O4S. The van der Waals surface area contributed by atoms with Gasteiger partial charge in [-0.3, -0.25) is 4.79 Å². The van der Waals surface area contributed by atoms with Crippen LogP contribution in [-0.2, 0) is 10.0 Å². The predicted octanol–water partition coefficient (Wildman–Crippen LogP) is 1.52. The lowest BCUT2D eigenvalue weighted by Gasteiger charge is -2.33. The van der Waals surface area contributed by atoms with Gasteiger partial charge in [0.05, 0.1) is 12.7 Å².